The SMILES string of the molecule is c1ccc(-n2c3ccccc3c3cccc(N(c4ccc5ccc6oc7ccccc7c6c5c4)c4cccc5c4oc4ccccc45)c32)cc1. The van der Waals surface area contributed by atoms with E-state index < -0.39 is 0 Å². The molecule has 0 unspecified atom stereocenters. The number of aromatic nitrogens is 1. The highest BCUT2D eigenvalue weighted by Gasteiger charge is 2.25. The molecule has 11 aromatic rings. The first-order chi connectivity index (χ1) is 24.8. The molecule has 0 aliphatic carbocycles. The fourth-order valence-electron chi connectivity index (χ4n) is 8.01. The number of fused-ring (bicyclic) bond motifs is 11. The highest BCUT2D eigenvalue weighted by Crippen LogP contribution is 2.47. The molecule has 0 aliphatic heterocycles. The summed E-state index contributed by atoms with van der Waals surface area (Å²) in [5.74, 6) is 0. The molecule has 0 radical (unpaired) electrons. The van der Waals surface area contributed by atoms with Crippen molar-refractivity contribution in [1.82, 2.24) is 4.57 Å². The lowest BCUT2D eigenvalue weighted by Gasteiger charge is -2.27. The van der Waals surface area contributed by atoms with Crippen molar-refractivity contribution >= 4 is 93.5 Å². The predicted octanol–water partition coefficient (Wildman–Crippen LogP) is 13.2. The summed E-state index contributed by atoms with van der Waals surface area (Å²) in [7, 11) is 0. The summed E-state index contributed by atoms with van der Waals surface area (Å²) >= 11 is 0. The summed E-state index contributed by atoms with van der Waals surface area (Å²) in [6.07, 6.45) is 0. The molecule has 0 amide bonds. The van der Waals surface area contributed by atoms with Crippen LogP contribution in [0.4, 0.5) is 17.1 Å². The average Bonchev–Trinajstić information content (AvgIpc) is 3.86. The number of rotatable bonds is 4. The van der Waals surface area contributed by atoms with Crippen molar-refractivity contribution in [2.24, 2.45) is 0 Å². The van der Waals surface area contributed by atoms with E-state index in [0.717, 1.165) is 88.4 Å². The second kappa shape index (κ2) is 10.4. The Morgan fingerprint density at radius 2 is 1.08 bits per heavy atom. The maximum Gasteiger partial charge on any atom is 0.159 e. The normalized spacial score (nSPS) is 12.0. The van der Waals surface area contributed by atoms with Crippen LogP contribution in [0.5, 0.6) is 0 Å². The Morgan fingerprint density at radius 1 is 0.420 bits per heavy atom. The smallest absolute Gasteiger partial charge is 0.159 e. The molecule has 0 aliphatic rings. The van der Waals surface area contributed by atoms with Gasteiger partial charge in [0.15, 0.2) is 5.58 Å². The first-order valence-corrected chi connectivity index (χ1v) is 16.9. The zero-order valence-electron chi connectivity index (χ0n) is 26.9. The molecule has 4 nitrogen and oxygen atoms in total. The highest BCUT2D eigenvalue weighted by molar-refractivity contribution is 6.20. The minimum Gasteiger partial charge on any atom is -0.456 e. The number of furan rings is 2. The molecule has 11 rings (SSSR count). The fraction of sp³-hybridized carbons (Fsp3) is 0. The Bertz CT molecular complexity index is 3110. The van der Waals surface area contributed by atoms with Crippen LogP contribution >= 0.6 is 0 Å². The third kappa shape index (κ3) is 3.81. The van der Waals surface area contributed by atoms with Crippen LogP contribution in [0.3, 0.4) is 0 Å². The van der Waals surface area contributed by atoms with Gasteiger partial charge in [-0.2, -0.15) is 0 Å². The van der Waals surface area contributed by atoms with Crippen LogP contribution in [-0.4, -0.2) is 4.57 Å². The molecule has 0 atom stereocenters. The van der Waals surface area contributed by atoms with Crippen molar-refractivity contribution in [3.05, 3.63) is 170 Å². The number of hydrogen-bond acceptors (Lipinski definition) is 3. The van der Waals surface area contributed by atoms with E-state index in [-0.39, 0.29) is 0 Å². The summed E-state index contributed by atoms with van der Waals surface area (Å²) in [5.41, 5.74) is 9.94. The maximum atomic E-state index is 6.73. The van der Waals surface area contributed by atoms with E-state index in [1.165, 1.54) is 10.8 Å². The van der Waals surface area contributed by atoms with E-state index in [1.807, 2.05) is 24.3 Å². The average molecular weight is 641 g/mol. The maximum absolute atomic E-state index is 6.73. The molecule has 50 heavy (non-hydrogen) atoms. The quantitative estimate of drug-likeness (QED) is 0.192. The molecule has 234 valence electrons. The summed E-state index contributed by atoms with van der Waals surface area (Å²) in [6.45, 7) is 0. The van der Waals surface area contributed by atoms with Gasteiger partial charge in [-0.15, -0.1) is 0 Å². The summed E-state index contributed by atoms with van der Waals surface area (Å²) in [5, 5.41) is 9.12. The molecule has 0 saturated carbocycles. The van der Waals surface area contributed by atoms with Gasteiger partial charge in [0.1, 0.15) is 16.7 Å². The number of nitrogens with zero attached hydrogens (tertiary/aromatic N) is 2. The van der Waals surface area contributed by atoms with Gasteiger partial charge in [0.05, 0.1) is 22.4 Å². The van der Waals surface area contributed by atoms with Crippen LogP contribution in [0.1, 0.15) is 0 Å². The highest BCUT2D eigenvalue weighted by atomic mass is 16.3. The van der Waals surface area contributed by atoms with Gasteiger partial charge >= 0.3 is 0 Å². The van der Waals surface area contributed by atoms with Gasteiger partial charge in [-0.05, 0) is 71.4 Å². The van der Waals surface area contributed by atoms with E-state index in [2.05, 4.69) is 155 Å². The van der Waals surface area contributed by atoms with E-state index in [1.54, 1.807) is 0 Å². The van der Waals surface area contributed by atoms with Gasteiger partial charge < -0.3 is 18.3 Å². The first-order valence-electron chi connectivity index (χ1n) is 16.9. The zero-order chi connectivity index (χ0) is 32.8. The minimum atomic E-state index is 0.847. The van der Waals surface area contributed by atoms with E-state index >= 15 is 0 Å². The number of benzene rings is 8. The summed E-state index contributed by atoms with van der Waals surface area (Å²) in [6, 6.07) is 60.1. The van der Waals surface area contributed by atoms with Gasteiger partial charge in [-0.25, -0.2) is 0 Å². The van der Waals surface area contributed by atoms with Crippen molar-refractivity contribution in [1.29, 1.82) is 0 Å². The van der Waals surface area contributed by atoms with Crippen LogP contribution in [0, 0.1) is 0 Å². The van der Waals surface area contributed by atoms with Crippen LogP contribution in [0.2, 0.25) is 0 Å². The Hall–Kier alpha value is -6.78. The van der Waals surface area contributed by atoms with Crippen LogP contribution in [0.15, 0.2) is 179 Å². The monoisotopic (exact) mass is 640 g/mol. The van der Waals surface area contributed by atoms with E-state index in [4.69, 9.17) is 8.83 Å². The van der Waals surface area contributed by atoms with E-state index in [9.17, 15) is 0 Å². The molecule has 0 spiro atoms. The van der Waals surface area contributed by atoms with Gasteiger partial charge in [0, 0.05) is 43.7 Å². The Kier molecular flexibility index (Phi) is 5.63. The molecular formula is C46H28N2O2. The van der Waals surface area contributed by atoms with Crippen molar-refractivity contribution in [3.8, 4) is 5.69 Å². The largest absolute Gasteiger partial charge is 0.456 e. The summed E-state index contributed by atoms with van der Waals surface area (Å²) < 4.78 is 15.5. The number of hydrogen-bond donors (Lipinski definition) is 0. The minimum absolute atomic E-state index is 0.847. The second-order valence-corrected chi connectivity index (χ2v) is 12.9. The molecule has 3 heterocycles. The molecular weight excluding hydrogens is 613 g/mol. The molecule has 0 N–H and O–H groups in total. The van der Waals surface area contributed by atoms with Gasteiger partial charge in [0.25, 0.3) is 0 Å². The van der Waals surface area contributed by atoms with Crippen LogP contribution in [-0.2, 0) is 0 Å². The van der Waals surface area contributed by atoms with Crippen LogP contribution < -0.4 is 4.90 Å². The third-order valence-corrected chi connectivity index (χ3v) is 10.2. The molecule has 0 bridgehead atoms. The van der Waals surface area contributed by atoms with Crippen LogP contribution in [0.25, 0.3) is 82.1 Å². The lowest BCUT2D eigenvalue weighted by Crippen LogP contribution is -2.12. The van der Waals surface area contributed by atoms with E-state index in [0.29, 0.717) is 0 Å². The van der Waals surface area contributed by atoms with Crippen molar-refractivity contribution in [2.75, 3.05) is 4.90 Å². The number of para-hydroxylation sites is 6. The summed E-state index contributed by atoms with van der Waals surface area (Å²) in [4.78, 5) is 2.38. The lowest BCUT2D eigenvalue weighted by atomic mass is 10.0. The molecule has 0 saturated heterocycles. The fourth-order valence-corrected chi connectivity index (χ4v) is 8.01. The lowest BCUT2D eigenvalue weighted by molar-refractivity contribution is 0.668. The molecule has 8 aromatic carbocycles. The predicted molar refractivity (Wildman–Crippen MR) is 208 cm³/mol. The van der Waals surface area contributed by atoms with Crippen molar-refractivity contribution in [3.63, 3.8) is 0 Å². The van der Waals surface area contributed by atoms with Gasteiger partial charge in [-0.3, -0.25) is 0 Å². The van der Waals surface area contributed by atoms with Gasteiger partial charge in [-0.1, -0.05) is 109 Å². The topological polar surface area (TPSA) is 34.5 Å². The third-order valence-electron chi connectivity index (χ3n) is 10.2. The Labute approximate surface area is 286 Å². The second-order valence-electron chi connectivity index (χ2n) is 12.9. The Balaban J connectivity index is 1.29. The zero-order valence-corrected chi connectivity index (χ0v) is 26.9. The standard InChI is InChI=1S/C46H28N2O2/c1-2-12-30(13-3-1)48-38-19-7-4-14-32(38)34-17-10-20-39(45(34)48)47(40-21-11-18-35-33-15-5-8-22-41(33)50-46(35)40)31-26-24-29-25-27-43-44(37(29)28-31)36-16-6-9-23-42(36)49-43/h1-28H. The molecule has 0 fully saturated rings. The van der Waals surface area contributed by atoms with Crippen molar-refractivity contribution < 1.29 is 8.83 Å². The molecule has 3 aromatic heterocycles. The Morgan fingerprint density at radius 3 is 1.94 bits per heavy atom. The van der Waals surface area contributed by atoms with Crippen molar-refractivity contribution in [2.45, 2.75) is 0 Å². The van der Waals surface area contributed by atoms with Gasteiger partial charge in [0.2, 0.25) is 0 Å². The molecule has 4 heteroatoms. The number of anilines is 3. The first kappa shape index (κ1) is 27.2.